The van der Waals surface area contributed by atoms with Gasteiger partial charge < -0.3 is 10.1 Å². The van der Waals surface area contributed by atoms with Gasteiger partial charge in [-0.15, -0.1) is 11.3 Å². The lowest BCUT2D eigenvalue weighted by Crippen LogP contribution is -2.29. The van der Waals surface area contributed by atoms with Crippen molar-refractivity contribution < 1.29 is 17.9 Å². The number of rotatable bonds is 5. The van der Waals surface area contributed by atoms with E-state index < -0.39 is 10.0 Å². The van der Waals surface area contributed by atoms with Gasteiger partial charge in [-0.25, -0.2) is 8.42 Å². The highest BCUT2D eigenvalue weighted by atomic mass is 32.2. The highest BCUT2D eigenvalue weighted by Crippen LogP contribution is 2.33. The Bertz CT molecular complexity index is 999. The number of amides is 1. The van der Waals surface area contributed by atoms with Gasteiger partial charge in [0.1, 0.15) is 4.21 Å². The van der Waals surface area contributed by atoms with Crippen molar-refractivity contribution in [1.82, 2.24) is 9.62 Å². The minimum absolute atomic E-state index is 0.0219. The molecule has 0 saturated carbocycles. The van der Waals surface area contributed by atoms with Gasteiger partial charge >= 0.3 is 0 Å². The van der Waals surface area contributed by atoms with Crippen LogP contribution in [-0.2, 0) is 21.2 Å². The lowest BCUT2D eigenvalue weighted by Gasteiger charge is -2.15. The SMILES string of the molecule is CO[C@@H]1CCN(S(=O)(=O)c2ccc(C(=O)N[C@@H]3CCc4cc(C)ccc43)s2)C1. The number of hydrogen-bond acceptors (Lipinski definition) is 5. The van der Waals surface area contributed by atoms with Crippen molar-refractivity contribution in [2.24, 2.45) is 0 Å². The lowest BCUT2D eigenvalue weighted by atomic mass is 10.1. The zero-order chi connectivity index (χ0) is 19.9. The van der Waals surface area contributed by atoms with Crippen molar-refractivity contribution in [2.45, 2.75) is 42.5 Å². The fourth-order valence-electron chi connectivity index (χ4n) is 3.94. The van der Waals surface area contributed by atoms with Gasteiger partial charge in [-0.3, -0.25) is 4.79 Å². The van der Waals surface area contributed by atoms with Gasteiger partial charge in [0.05, 0.1) is 17.0 Å². The third-order valence-electron chi connectivity index (χ3n) is 5.52. The highest BCUT2D eigenvalue weighted by Gasteiger charge is 2.34. The first-order valence-corrected chi connectivity index (χ1v) is 11.7. The molecule has 2 heterocycles. The molecule has 28 heavy (non-hydrogen) atoms. The summed E-state index contributed by atoms with van der Waals surface area (Å²) in [5, 5.41) is 3.06. The Morgan fingerprint density at radius 2 is 2.07 bits per heavy atom. The van der Waals surface area contributed by atoms with Crippen LogP contribution in [-0.4, -0.2) is 44.9 Å². The molecule has 0 unspecified atom stereocenters. The zero-order valence-corrected chi connectivity index (χ0v) is 17.6. The van der Waals surface area contributed by atoms with Crippen molar-refractivity contribution in [3.63, 3.8) is 0 Å². The fraction of sp³-hybridized carbons (Fsp3) is 0.450. The van der Waals surface area contributed by atoms with Crippen LogP contribution in [0.25, 0.3) is 0 Å². The van der Waals surface area contributed by atoms with Gasteiger partial charge in [-0.2, -0.15) is 4.31 Å². The molecule has 1 N–H and O–H groups in total. The second-order valence-electron chi connectivity index (χ2n) is 7.40. The summed E-state index contributed by atoms with van der Waals surface area (Å²) in [6.45, 7) is 2.87. The van der Waals surface area contributed by atoms with Crippen LogP contribution in [0, 0.1) is 6.92 Å². The predicted octanol–water partition coefficient (Wildman–Crippen LogP) is 2.88. The second kappa shape index (κ2) is 7.59. The van der Waals surface area contributed by atoms with Crippen LogP contribution in [0.15, 0.2) is 34.5 Å². The fourth-order valence-corrected chi connectivity index (χ4v) is 6.79. The number of aryl methyl sites for hydroxylation is 2. The van der Waals surface area contributed by atoms with Crippen LogP contribution in [0.3, 0.4) is 0 Å². The van der Waals surface area contributed by atoms with E-state index in [0.717, 1.165) is 29.7 Å². The van der Waals surface area contributed by atoms with E-state index in [1.165, 1.54) is 21.5 Å². The highest BCUT2D eigenvalue weighted by molar-refractivity contribution is 7.91. The minimum atomic E-state index is -3.58. The second-order valence-corrected chi connectivity index (χ2v) is 10.6. The van der Waals surface area contributed by atoms with E-state index >= 15 is 0 Å². The summed E-state index contributed by atoms with van der Waals surface area (Å²) >= 11 is 1.03. The van der Waals surface area contributed by atoms with Crippen LogP contribution < -0.4 is 5.32 Å². The topological polar surface area (TPSA) is 75.7 Å². The van der Waals surface area contributed by atoms with E-state index in [1.54, 1.807) is 13.2 Å². The van der Waals surface area contributed by atoms with Crippen LogP contribution in [0.2, 0.25) is 0 Å². The number of nitrogens with one attached hydrogen (secondary N) is 1. The summed E-state index contributed by atoms with van der Waals surface area (Å²) < 4.78 is 32.5. The molecule has 8 heteroatoms. The van der Waals surface area contributed by atoms with Crippen molar-refractivity contribution in [3.8, 4) is 0 Å². The zero-order valence-electron chi connectivity index (χ0n) is 16.0. The molecule has 2 atom stereocenters. The van der Waals surface area contributed by atoms with Gasteiger partial charge in [0.25, 0.3) is 15.9 Å². The quantitative estimate of drug-likeness (QED) is 0.807. The monoisotopic (exact) mass is 420 g/mol. The van der Waals surface area contributed by atoms with E-state index in [2.05, 4.69) is 30.4 Å². The molecule has 0 radical (unpaired) electrons. The van der Waals surface area contributed by atoms with E-state index in [9.17, 15) is 13.2 Å². The smallest absolute Gasteiger partial charge is 0.261 e. The average Bonchev–Trinajstić information content (AvgIpc) is 3.41. The van der Waals surface area contributed by atoms with Gasteiger partial charge in [-0.05, 0) is 49.4 Å². The lowest BCUT2D eigenvalue weighted by molar-refractivity contribution is 0.0941. The molecule has 1 aliphatic carbocycles. The first kappa shape index (κ1) is 19.6. The Balaban J connectivity index is 1.47. The number of benzene rings is 1. The minimum Gasteiger partial charge on any atom is -0.380 e. The first-order chi connectivity index (χ1) is 13.4. The predicted molar refractivity (Wildman–Crippen MR) is 108 cm³/mol. The Morgan fingerprint density at radius 3 is 2.82 bits per heavy atom. The largest absolute Gasteiger partial charge is 0.380 e. The number of thiophene rings is 1. The molecule has 0 bridgehead atoms. The number of ether oxygens (including phenoxy) is 1. The molecule has 150 valence electrons. The molecule has 2 aromatic rings. The van der Waals surface area contributed by atoms with Gasteiger partial charge in [0.15, 0.2) is 0 Å². The Kier molecular flexibility index (Phi) is 5.30. The normalized spacial score (nSPS) is 22.4. The summed E-state index contributed by atoms with van der Waals surface area (Å²) in [5.41, 5.74) is 3.66. The Morgan fingerprint density at radius 1 is 1.25 bits per heavy atom. The van der Waals surface area contributed by atoms with Crippen LogP contribution in [0.5, 0.6) is 0 Å². The summed E-state index contributed by atoms with van der Waals surface area (Å²) in [6.07, 6.45) is 2.44. The van der Waals surface area contributed by atoms with Crippen LogP contribution in [0.1, 0.15) is 45.2 Å². The van der Waals surface area contributed by atoms with E-state index in [-0.39, 0.29) is 22.3 Å². The van der Waals surface area contributed by atoms with Crippen LogP contribution >= 0.6 is 11.3 Å². The number of carbonyl (C=O) groups is 1. The molecule has 6 nitrogen and oxygen atoms in total. The summed E-state index contributed by atoms with van der Waals surface area (Å²) in [4.78, 5) is 13.1. The molecule has 1 amide bonds. The number of nitrogens with zero attached hydrogens (tertiary/aromatic N) is 1. The number of sulfonamides is 1. The Labute approximate surface area is 169 Å². The van der Waals surface area contributed by atoms with E-state index in [4.69, 9.17) is 4.74 Å². The van der Waals surface area contributed by atoms with E-state index in [0.29, 0.717) is 24.4 Å². The molecule has 1 aromatic carbocycles. The third-order valence-corrected chi connectivity index (χ3v) is 8.94. The molecule has 2 aliphatic rings. The maximum atomic E-state index is 12.8. The third kappa shape index (κ3) is 3.61. The number of fused-ring (bicyclic) bond motifs is 1. The maximum absolute atomic E-state index is 12.8. The van der Waals surface area contributed by atoms with Crippen molar-refractivity contribution in [3.05, 3.63) is 51.9 Å². The molecule has 0 spiro atoms. The number of hydrogen-bond donors (Lipinski definition) is 1. The average molecular weight is 421 g/mol. The Hall–Kier alpha value is -1.74. The molecule has 1 saturated heterocycles. The number of carbonyl (C=O) groups excluding carboxylic acids is 1. The summed E-state index contributed by atoms with van der Waals surface area (Å²) in [5.74, 6) is -0.221. The maximum Gasteiger partial charge on any atom is 0.261 e. The molecule has 1 fully saturated rings. The molecule has 1 aliphatic heterocycles. The number of methoxy groups -OCH3 is 1. The first-order valence-electron chi connectivity index (χ1n) is 9.41. The molecule has 1 aromatic heterocycles. The van der Waals surface area contributed by atoms with Crippen LogP contribution in [0.4, 0.5) is 0 Å². The summed E-state index contributed by atoms with van der Waals surface area (Å²) in [6, 6.07) is 9.41. The van der Waals surface area contributed by atoms with E-state index in [1.807, 2.05) is 0 Å². The van der Waals surface area contributed by atoms with Crippen molar-refractivity contribution in [2.75, 3.05) is 20.2 Å². The van der Waals surface area contributed by atoms with Crippen molar-refractivity contribution in [1.29, 1.82) is 0 Å². The van der Waals surface area contributed by atoms with Gasteiger partial charge in [-0.1, -0.05) is 23.8 Å². The summed E-state index contributed by atoms with van der Waals surface area (Å²) in [7, 11) is -1.99. The molecular weight excluding hydrogens is 396 g/mol. The van der Waals surface area contributed by atoms with Crippen molar-refractivity contribution >= 4 is 27.3 Å². The molecule has 4 rings (SSSR count). The van der Waals surface area contributed by atoms with Gasteiger partial charge in [0.2, 0.25) is 0 Å². The standard InChI is InChI=1S/C20H24N2O4S2/c1-13-3-5-16-14(11-13)4-6-17(16)21-20(23)18-7-8-19(27-18)28(24,25)22-10-9-15(12-22)26-2/h3,5,7-8,11,15,17H,4,6,9-10,12H2,1-2H3,(H,21,23)/t15-,17-/m1/s1. The van der Waals surface area contributed by atoms with Gasteiger partial charge in [0, 0.05) is 20.2 Å². The molecular formula is C20H24N2O4S2.